The molecule has 0 aliphatic rings. The van der Waals surface area contributed by atoms with Gasteiger partial charge >= 0.3 is 0 Å². The SMILES string of the molecule is CC(=O)C(C)=C(C)O[SiH](C)C. The summed E-state index contributed by atoms with van der Waals surface area (Å²) in [6, 6.07) is 0. The van der Waals surface area contributed by atoms with Gasteiger partial charge in [-0.15, -0.1) is 0 Å². The van der Waals surface area contributed by atoms with E-state index >= 15 is 0 Å². The number of carbonyl (C=O) groups excluding carboxylic acids is 1. The molecule has 0 unspecified atom stereocenters. The molecule has 0 atom stereocenters. The van der Waals surface area contributed by atoms with E-state index in [0.29, 0.717) is 0 Å². The Morgan fingerprint density at radius 3 is 1.91 bits per heavy atom. The first-order valence-electron chi connectivity index (χ1n) is 3.80. The van der Waals surface area contributed by atoms with Crippen LogP contribution in [0.1, 0.15) is 20.8 Å². The Bertz CT molecular complexity index is 183. The van der Waals surface area contributed by atoms with Crippen LogP contribution in [0.5, 0.6) is 0 Å². The summed E-state index contributed by atoms with van der Waals surface area (Å²) in [5, 5.41) is 0. The summed E-state index contributed by atoms with van der Waals surface area (Å²) in [5.74, 6) is 0.885. The van der Waals surface area contributed by atoms with Gasteiger partial charge in [0.05, 0.1) is 5.76 Å². The zero-order valence-electron chi connectivity index (χ0n) is 7.89. The standard InChI is InChI=1S/C8H16O2Si/c1-6(7(2)9)8(3)10-11(4)5/h11H,1-5H3. The van der Waals surface area contributed by atoms with E-state index in [4.69, 9.17) is 4.43 Å². The molecule has 0 N–H and O–H groups in total. The van der Waals surface area contributed by atoms with E-state index in [1.54, 1.807) is 13.8 Å². The molecule has 0 spiro atoms. The number of hydrogen-bond acceptors (Lipinski definition) is 2. The summed E-state index contributed by atoms with van der Waals surface area (Å²) in [5.41, 5.74) is 0.742. The van der Waals surface area contributed by atoms with Crippen LogP contribution in [0.2, 0.25) is 13.1 Å². The summed E-state index contributed by atoms with van der Waals surface area (Å²) < 4.78 is 5.47. The second-order valence-corrected chi connectivity index (χ2v) is 5.24. The molecule has 0 saturated heterocycles. The van der Waals surface area contributed by atoms with Crippen molar-refractivity contribution in [3.05, 3.63) is 11.3 Å². The summed E-state index contributed by atoms with van der Waals surface area (Å²) in [6.45, 7) is 9.37. The summed E-state index contributed by atoms with van der Waals surface area (Å²) >= 11 is 0. The van der Waals surface area contributed by atoms with E-state index in [9.17, 15) is 4.79 Å². The van der Waals surface area contributed by atoms with Gasteiger partial charge in [-0.3, -0.25) is 4.79 Å². The number of hydrogen-bond donors (Lipinski definition) is 0. The lowest BCUT2D eigenvalue weighted by Gasteiger charge is -2.11. The highest BCUT2D eigenvalue weighted by Crippen LogP contribution is 2.07. The molecule has 0 aromatic carbocycles. The molecule has 11 heavy (non-hydrogen) atoms. The minimum absolute atomic E-state index is 0.0946. The lowest BCUT2D eigenvalue weighted by atomic mass is 10.2. The highest BCUT2D eigenvalue weighted by atomic mass is 28.3. The maximum atomic E-state index is 10.8. The maximum absolute atomic E-state index is 10.8. The monoisotopic (exact) mass is 172 g/mol. The average Bonchev–Trinajstić information content (AvgIpc) is 1.84. The van der Waals surface area contributed by atoms with Crippen LogP contribution in [0, 0.1) is 0 Å². The van der Waals surface area contributed by atoms with E-state index in [1.807, 2.05) is 6.92 Å². The Kier molecular flexibility index (Phi) is 4.11. The Morgan fingerprint density at radius 1 is 1.18 bits per heavy atom. The number of ketones is 1. The molecule has 0 aromatic heterocycles. The normalized spacial score (nSPS) is 12.9. The molecule has 0 rings (SSSR count). The highest BCUT2D eigenvalue weighted by Gasteiger charge is 2.04. The molecular weight excluding hydrogens is 156 g/mol. The molecule has 2 nitrogen and oxygen atoms in total. The van der Waals surface area contributed by atoms with Gasteiger partial charge in [-0.25, -0.2) is 0 Å². The van der Waals surface area contributed by atoms with Crippen molar-refractivity contribution in [2.45, 2.75) is 33.9 Å². The smallest absolute Gasteiger partial charge is 0.229 e. The van der Waals surface area contributed by atoms with Crippen LogP contribution < -0.4 is 0 Å². The van der Waals surface area contributed by atoms with Gasteiger partial charge in [-0.2, -0.15) is 0 Å². The van der Waals surface area contributed by atoms with Crippen molar-refractivity contribution >= 4 is 14.8 Å². The molecule has 0 aliphatic carbocycles. The van der Waals surface area contributed by atoms with Crippen LogP contribution in [-0.4, -0.2) is 14.8 Å². The van der Waals surface area contributed by atoms with E-state index < -0.39 is 9.04 Å². The van der Waals surface area contributed by atoms with Gasteiger partial charge in [-0.1, -0.05) is 0 Å². The van der Waals surface area contributed by atoms with Gasteiger partial charge in [-0.05, 0) is 33.9 Å². The van der Waals surface area contributed by atoms with Crippen LogP contribution in [0.4, 0.5) is 0 Å². The summed E-state index contributed by atoms with van der Waals surface area (Å²) in [4.78, 5) is 10.8. The number of Topliss-reactive ketones (excluding diaryl/α,β-unsaturated/α-hetero) is 1. The number of allylic oxidation sites excluding steroid dienone is 2. The zero-order valence-corrected chi connectivity index (χ0v) is 9.05. The molecule has 64 valence electrons. The van der Waals surface area contributed by atoms with Gasteiger partial charge < -0.3 is 4.43 Å². The topological polar surface area (TPSA) is 26.3 Å². The first-order chi connectivity index (χ1) is 4.95. The van der Waals surface area contributed by atoms with E-state index in [2.05, 4.69) is 13.1 Å². The first kappa shape index (κ1) is 10.4. The van der Waals surface area contributed by atoms with Gasteiger partial charge in [0.25, 0.3) is 0 Å². The van der Waals surface area contributed by atoms with Crippen LogP contribution in [0.3, 0.4) is 0 Å². The Labute approximate surface area is 70.0 Å². The second kappa shape index (κ2) is 4.33. The predicted octanol–water partition coefficient (Wildman–Crippen LogP) is 1.87. The minimum Gasteiger partial charge on any atom is -0.550 e. The molecule has 0 aromatic rings. The van der Waals surface area contributed by atoms with Crippen molar-refractivity contribution in [1.29, 1.82) is 0 Å². The summed E-state index contributed by atoms with van der Waals surface area (Å²) in [7, 11) is -1.04. The Morgan fingerprint density at radius 2 is 1.64 bits per heavy atom. The quantitative estimate of drug-likeness (QED) is 0.369. The van der Waals surface area contributed by atoms with Crippen molar-refractivity contribution in [1.82, 2.24) is 0 Å². The van der Waals surface area contributed by atoms with E-state index in [0.717, 1.165) is 11.3 Å². The van der Waals surface area contributed by atoms with Crippen LogP contribution in [0.25, 0.3) is 0 Å². The third-order valence-corrected chi connectivity index (χ3v) is 2.29. The lowest BCUT2D eigenvalue weighted by molar-refractivity contribution is -0.113. The van der Waals surface area contributed by atoms with Crippen molar-refractivity contribution in [3.8, 4) is 0 Å². The highest BCUT2D eigenvalue weighted by molar-refractivity contribution is 6.48. The predicted molar refractivity (Wildman–Crippen MR) is 49.0 cm³/mol. The van der Waals surface area contributed by atoms with Crippen molar-refractivity contribution in [3.63, 3.8) is 0 Å². The Hall–Kier alpha value is -0.573. The second-order valence-electron chi connectivity index (χ2n) is 2.90. The van der Waals surface area contributed by atoms with Crippen LogP contribution in [-0.2, 0) is 9.22 Å². The van der Waals surface area contributed by atoms with Crippen molar-refractivity contribution < 1.29 is 9.22 Å². The average molecular weight is 172 g/mol. The fourth-order valence-corrected chi connectivity index (χ4v) is 1.57. The number of carbonyl (C=O) groups is 1. The molecule has 0 heterocycles. The Balaban J connectivity index is 4.28. The summed E-state index contributed by atoms with van der Waals surface area (Å²) in [6.07, 6.45) is 0. The lowest BCUT2D eigenvalue weighted by Crippen LogP contribution is -2.08. The van der Waals surface area contributed by atoms with Gasteiger partial charge in [0.15, 0.2) is 5.78 Å². The van der Waals surface area contributed by atoms with Crippen LogP contribution >= 0.6 is 0 Å². The minimum atomic E-state index is -1.04. The fraction of sp³-hybridized carbons (Fsp3) is 0.625. The molecule has 0 amide bonds. The van der Waals surface area contributed by atoms with Crippen molar-refractivity contribution in [2.75, 3.05) is 0 Å². The third kappa shape index (κ3) is 3.98. The van der Waals surface area contributed by atoms with Gasteiger partial charge in [0.2, 0.25) is 9.04 Å². The third-order valence-electron chi connectivity index (χ3n) is 1.47. The zero-order chi connectivity index (χ0) is 9.02. The molecule has 0 radical (unpaired) electrons. The van der Waals surface area contributed by atoms with E-state index in [1.165, 1.54) is 0 Å². The van der Waals surface area contributed by atoms with Crippen molar-refractivity contribution in [2.24, 2.45) is 0 Å². The van der Waals surface area contributed by atoms with Crippen LogP contribution in [0.15, 0.2) is 11.3 Å². The first-order valence-corrected chi connectivity index (χ1v) is 6.58. The largest absolute Gasteiger partial charge is 0.550 e. The molecule has 0 saturated carbocycles. The van der Waals surface area contributed by atoms with Gasteiger partial charge in [0.1, 0.15) is 0 Å². The molecule has 0 aliphatic heterocycles. The fourth-order valence-electron chi connectivity index (χ4n) is 0.690. The van der Waals surface area contributed by atoms with Gasteiger partial charge in [0, 0.05) is 5.57 Å². The maximum Gasteiger partial charge on any atom is 0.229 e. The molecule has 0 bridgehead atoms. The number of rotatable bonds is 3. The molecular formula is C8H16O2Si. The van der Waals surface area contributed by atoms with E-state index in [-0.39, 0.29) is 5.78 Å². The molecule has 3 heteroatoms. The molecule has 0 fully saturated rings.